The smallest absolute Gasteiger partial charge is 0.416 e. The van der Waals surface area contributed by atoms with Crippen LogP contribution in [0.2, 0.25) is 0 Å². The van der Waals surface area contributed by atoms with Crippen molar-refractivity contribution >= 4 is 11.5 Å². The number of halogens is 3. The zero-order valence-corrected chi connectivity index (χ0v) is 13.0. The van der Waals surface area contributed by atoms with Crippen molar-refractivity contribution < 1.29 is 18.3 Å². The van der Waals surface area contributed by atoms with Crippen molar-refractivity contribution in [2.45, 2.75) is 13.1 Å². The maximum Gasteiger partial charge on any atom is 0.416 e. The quantitative estimate of drug-likeness (QED) is 0.759. The van der Waals surface area contributed by atoms with E-state index < -0.39 is 23.2 Å². The second-order valence-electron chi connectivity index (χ2n) is 5.19. The van der Waals surface area contributed by atoms with E-state index in [2.05, 4.69) is 15.3 Å². The van der Waals surface area contributed by atoms with Crippen molar-refractivity contribution in [1.29, 1.82) is 0 Å². The van der Waals surface area contributed by atoms with Gasteiger partial charge in [-0.2, -0.15) is 18.2 Å². The fraction of sp³-hybridized carbons (Fsp3) is 0.188. The minimum atomic E-state index is -4.58. The summed E-state index contributed by atoms with van der Waals surface area (Å²) in [6, 6.07) is 4.61. The van der Waals surface area contributed by atoms with Crippen molar-refractivity contribution in [3.63, 3.8) is 0 Å². The van der Waals surface area contributed by atoms with Gasteiger partial charge in [0.2, 0.25) is 11.8 Å². The summed E-state index contributed by atoms with van der Waals surface area (Å²) in [7, 11) is 0. The molecule has 0 saturated carbocycles. The van der Waals surface area contributed by atoms with E-state index in [1.165, 1.54) is 28.9 Å². The van der Waals surface area contributed by atoms with E-state index in [0.717, 1.165) is 12.1 Å². The molecular weight excluding hydrogens is 337 g/mol. The lowest BCUT2D eigenvalue weighted by atomic mass is 10.1. The Morgan fingerprint density at radius 3 is 2.72 bits per heavy atom. The number of rotatable bonds is 3. The first-order chi connectivity index (χ1) is 11.8. The van der Waals surface area contributed by atoms with Crippen LogP contribution in [0.4, 0.5) is 19.1 Å². The normalized spacial score (nSPS) is 11.7. The summed E-state index contributed by atoms with van der Waals surface area (Å²) < 4.78 is 40.6. The Hall–Kier alpha value is -3.10. The van der Waals surface area contributed by atoms with Crippen molar-refractivity contribution in [3.8, 4) is 17.0 Å². The molecule has 0 radical (unpaired) electrons. The largest absolute Gasteiger partial charge is 0.493 e. The number of hydrogen-bond donors (Lipinski definition) is 2. The van der Waals surface area contributed by atoms with E-state index in [1.54, 1.807) is 6.92 Å². The molecule has 0 aliphatic rings. The summed E-state index contributed by atoms with van der Waals surface area (Å²) in [6.45, 7) is 2.19. The van der Waals surface area contributed by atoms with Crippen LogP contribution in [0.3, 0.4) is 0 Å². The molecule has 0 aliphatic carbocycles. The van der Waals surface area contributed by atoms with Crippen LogP contribution in [-0.4, -0.2) is 26.0 Å². The number of anilines is 1. The van der Waals surface area contributed by atoms with Crippen molar-refractivity contribution in [2.75, 3.05) is 11.9 Å². The Morgan fingerprint density at radius 1 is 1.32 bits per heavy atom. The highest BCUT2D eigenvalue weighted by atomic mass is 19.4. The molecule has 3 heterocycles. The van der Waals surface area contributed by atoms with Gasteiger partial charge in [-0.1, -0.05) is 0 Å². The maximum absolute atomic E-state index is 13.1. The molecule has 3 aromatic heterocycles. The Bertz CT molecular complexity index is 999. The molecular formula is C16H13F3N4O2. The predicted molar refractivity (Wildman–Crippen MR) is 85.5 cm³/mol. The van der Waals surface area contributed by atoms with E-state index in [4.69, 9.17) is 0 Å². The second kappa shape index (κ2) is 6.08. The number of nitrogens with one attached hydrogen (secondary N) is 1. The van der Waals surface area contributed by atoms with Crippen molar-refractivity contribution in [1.82, 2.24) is 14.4 Å². The average Bonchev–Trinajstić information content (AvgIpc) is 2.55. The maximum atomic E-state index is 13.1. The molecule has 9 heteroatoms. The fourth-order valence-corrected chi connectivity index (χ4v) is 2.50. The molecule has 3 rings (SSSR count). The molecule has 0 aliphatic heterocycles. The molecule has 0 amide bonds. The SMILES string of the molecule is CCNc1nc(=O)c(-c2cccnc2O)c2cc(C(F)(F)F)ccn12. The first kappa shape index (κ1) is 16.7. The second-order valence-corrected chi connectivity index (χ2v) is 5.19. The zero-order valence-electron chi connectivity index (χ0n) is 13.0. The van der Waals surface area contributed by atoms with Gasteiger partial charge in [-0.3, -0.25) is 9.20 Å². The number of nitrogens with zero attached hydrogens (tertiary/aromatic N) is 3. The fourth-order valence-electron chi connectivity index (χ4n) is 2.50. The molecule has 2 N–H and O–H groups in total. The zero-order chi connectivity index (χ0) is 18.2. The molecule has 0 atom stereocenters. The van der Waals surface area contributed by atoms with Gasteiger partial charge < -0.3 is 10.4 Å². The van der Waals surface area contributed by atoms with Gasteiger partial charge in [-0.15, -0.1) is 0 Å². The number of alkyl halides is 3. The summed E-state index contributed by atoms with van der Waals surface area (Å²) in [6.07, 6.45) is -2.09. The standard InChI is InChI=1S/C16H13F3N4O2/c1-2-20-15-22-14(25)12(10-4-3-6-21-13(10)24)11-8-9(16(17,18)19)5-7-23(11)15/h3-8H,2H2,1H3,(H,21,24)(H,20,22,25). The van der Waals surface area contributed by atoms with Gasteiger partial charge in [0.1, 0.15) is 0 Å². The molecule has 0 spiro atoms. The minimum absolute atomic E-state index is 0.0138. The molecule has 6 nitrogen and oxygen atoms in total. The van der Waals surface area contributed by atoms with Crippen molar-refractivity contribution in [2.24, 2.45) is 0 Å². The summed E-state index contributed by atoms with van der Waals surface area (Å²) >= 11 is 0. The van der Waals surface area contributed by atoms with Gasteiger partial charge in [0.05, 0.1) is 22.2 Å². The number of aromatic nitrogens is 3. The molecule has 0 unspecified atom stereocenters. The third-order valence-electron chi connectivity index (χ3n) is 3.58. The molecule has 0 bridgehead atoms. The Labute approximate surface area is 139 Å². The number of aromatic hydroxyl groups is 1. The van der Waals surface area contributed by atoms with Gasteiger partial charge >= 0.3 is 6.18 Å². The third-order valence-corrected chi connectivity index (χ3v) is 3.58. The molecule has 0 aromatic carbocycles. The first-order valence-corrected chi connectivity index (χ1v) is 7.34. The highest BCUT2D eigenvalue weighted by molar-refractivity contribution is 5.83. The van der Waals surface area contributed by atoms with Gasteiger partial charge in [-0.05, 0) is 31.2 Å². The number of hydrogen-bond acceptors (Lipinski definition) is 5. The lowest BCUT2D eigenvalue weighted by Gasteiger charge is -2.15. The van der Waals surface area contributed by atoms with Crippen LogP contribution in [0.1, 0.15) is 12.5 Å². The van der Waals surface area contributed by atoms with Crippen LogP contribution in [0.25, 0.3) is 16.6 Å². The van der Waals surface area contributed by atoms with Crippen LogP contribution < -0.4 is 10.9 Å². The third kappa shape index (κ3) is 3.00. The summed E-state index contributed by atoms with van der Waals surface area (Å²) in [5.74, 6) is -0.347. The van der Waals surface area contributed by atoms with E-state index in [0.29, 0.717) is 6.54 Å². The van der Waals surface area contributed by atoms with Gasteiger partial charge in [0.25, 0.3) is 5.56 Å². The van der Waals surface area contributed by atoms with Crippen LogP contribution in [0.5, 0.6) is 5.88 Å². The number of fused-ring (bicyclic) bond motifs is 1. The van der Waals surface area contributed by atoms with Crippen molar-refractivity contribution in [3.05, 3.63) is 52.6 Å². The molecule has 25 heavy (non-hydrogen) atoms. The lowest BCUT2D eigenvalue weighted by molar-refractivity contribution is -0.137. The van der Waals surface area contributed by atoms with Gasteiger partial charge in [-0.25, -0.2) is 4.98 Å². The summed E-state index contributed by atoms with van der Waals surface area (Å²) in [4.78, 5) is 20.0. The summed E-state index contributed by atoms with van der Waals surface area (Å²) in [5.41, 5.74) is -1.85. The predicted octanol–water partition coefficient (Wildman–Crippen LogP) is 2.91. The highest BCUT2D eigenvalue weighted by Crippen LogP contribution is 2.33. The van der Waals surface area contributed by atoms with E-state index >= 15 is 0 Å². The van der Waals surface area contributed by atoms with Crippen LogP contribution in [0, 0.1) is 0 Å². The molecule has 3 aromatic rings. The van der Waals surface area contributed by atoms with Gasteiger partial charge in [0, 0.05) is 18.9 Å². The minimum Gasteiger partial charge on any atom is -0.493 e. The van der Waals surface area contributed by atoms with E-state index in [-0.39, 0.29) is 22.6 Å². The average molecular weight is 350 g/mol. The van der Waals surface area contributed by atoms with E-state index in [9.17, 15) is 23.1 Å². The van der Waals surface area contributed by atoms with Crippen LogP contribution >= 0.6 is 0 Å². The number of pyridine rings is 2. The first-order valence-electron chi connectivity index (χ1n) is 7.34. The van der Waals surface area contributed by atoms with Crippen LogP contribution in [-0.2, 0) is 6.18 Å². The lowest BCUT2D eigenvalue weighted by Crippen LogP contribution is -2.19. The topological polar surface area (TPSA) is 79.5 Å². The molecule has 0 saturated heterocycles. The van der Waals surface area contributed by atoms with Crippen LogP contribution in [0.15, 0.2) is 41.5 Å². The van der Waals surface area contributed by atoms with E-state index in [1.807, 2.05) is 0 Å². The van der Waals surface area contributed by atoms with Gasteiger partial charge in [0.15, 0.2) is 0 Å². The molecule has 130 valence electrons. The Balaban J connectivity index is 2.43. The highest BCUT2D eigenvalue weighted by Gasteiger charge is 2.31. The molecule has 0 fully saturated rings. The Morgan fingerprint density at radius 2 is 2.08 bits per heavy atom. The Kier molecular flexibility index (Phi) is 4.07. The monoisotopic (exact) mass is 350 g/mol. The summed E-state index contributed by atoms with van der Waals surface area (Å²) in [5, 5.41) is 12.8.